The van der Waals surface area contributed by atoms with Crippen LogP contribution in [0, 0.1) is 13.8 Å². The van der Waals surface area contributed by atoms with Crippen molar-refractivity contribution in [2.75, 3.05) is 5.88 Å². The largest absolute Gasteiger partial charge is 0.250 e. The van der Waals surface area contributed by atoms with Crippen LogP contribution in [0.1, 0.15) is 42.6 Å². The van der Waals surface area contributed by atoms with Crippen molar-refractivity contribution < 1.29 is 0 Å². The molecule has 0 saturated carbocycles. The second kappa shape index (κ2) is 6.71. The molecule has 0 atom stereocenters. The Kier molecular flexibility index (Phi) is 5.07. The van der Waals surface area contributed by atoms with Gasteiger partial charge in [-0.2, -0.15) is 0 Å². The predicted molar refractivity (Wildman–Crippen MR) is 102 cm³/mol. The smallest absolute Gasteiger partial charge is 0.169 e. The van der Waals surface area contributed by atoms with Crippen molar-refractivity contribution in [1.29, 1.82) is 0 Å². The summed E-state index contributed by atoms with van der Waals surface area (Å²) >= 11 is 9.96. The molecule has 0 N–H and O–H groups in total. The summed E-state index contributed by atoms with van der Waals surface area (Å²) in [5.41, 5.74) is 0. The fourth-order valence-electron chi connectivity index (χ4n) is 3.54. The molecular weight excluding hydrogens is 348 g/mol. The van der Waals surface area contributed by atoms with Crippen molar-refractivity contribution >= 4 is 53.0 Å². The third-order valence-corrected chi connectivity index (χ3v) is 12.4. The maximum absolute atomic E-state index is 6.24. The third kappa shape index (κ3) is 2.70. The number of aryl methyl sites for hydroxylation is 2. The molecule has 0 saturated heterocycles. The van der Waals surface area contributed by atoms with Gasteiger partial charge in [0.25, 0.3) is 0 Å². The van der Waals surface area contributed by atoms with Crippen LogP contribution in [0.15, 0.2) is 0 Å². The number of halogens is 1. The van der Waals surface area contributed by atoms with Crippen LogP contribution in [-0.2, 0) is 0 Å². The summed E-state index contributed by atoms with van der Waals surface area (Å²) in [5, 5.41) is 5.20. The molecule has 0 amide bonds. The van der Waals surface area contributed by atoms with Crippen molar-refractivity contribution in [3.8, 4) is 9.75 Å². The number of rotatable bonds is 7. The molecule has 120 valence electrons. The molecular formula is C16H23ClN2S2Si. The molecule has 22 heavy (non-hydrogen) atoms. The highest BCUT2D eigenvalue weighted by atomic mass is 35.5. The molecule has 0 radical (unpaired) electrons. The maximum atomic E-state index is 6.24. The Balaban J connectivity index is 2.02. The minimum atomic E-state index is -1.82. The second-order valence-corrected chi connectivity index (χ2v) is 13.0. The zero-order chi connectivity index (χ0) is 15.7. The first-order valence-electron chi connectivity index (χ1n) is 8.14. The van der Waals surface area contributed by atoms with Gasteiger partial charge in [-0.1, -0.05) is 32.6 Å². The first-order valence-corrected chi connectivity index (χ1v) is 12.7. The lowest BCUT2D eigenvalue weighted by atomic mass is 10.2. The lowest BCUT2D eigenvalue weighted by Crippen LogP contribution is -2.57. The summed E-state index contributed by atoms with van der Waals surface area (Å²) in [6.07, 6.45) is 5.23. The topological polar surface area (TPSA) is 25.8 Å². The Hall–Kier alpha value is -0.233. The summed E-state index contributed by atoms with van der Waals surface area (Å²) < 4.78 is 0. The lowest BCUT2D eigenvalue weighted by molar-refractivity contribution is 0.697. The van der Waals surface area contributed by atoms with Crippen molar-refractivity contribution in [3.05, 3.63) is 10.0 Å². The Bertz CT molecular complexity index is 619. The van der Waals surface area contributed by atoms with Crippen LogP contribution < -0.4 is 10.6 Å². The van der Waals surface area contributed by atoms with E-state index in [0.29, 0.717) is 0 Å². The first-order chi connectivity index (χ1) is 10.6. The van der Waals surface area contributed by atoms with E-state index >= 15 is 0 Å². The van der Waals surface area contributed by atoms with Crippen molar-refractivity contribution in [2.24, 2.45) is 0 Å². The van der Waals surface area contributed by atoms with Crippen LogP contribution in [0.2, 0.25) is 12.1 Å². The fourth-order valence-corrected chi connectivity index (χ4v) is 12.6. The molecule has 3 heterocycles. The van der Waals surface area contributed by atoms with Gasteiger partial charge in [-0.05, 0) is 25.9 Å². The Labute approximate surface area is 147 Å². The number of aromatic nitrogens is 2. The molecule has 0 fully saturated rings. The molecule has 0 bridgehead atoms. The number of unbranched alkanes of at least 4 members (excludes halogenated alkanes) is 3. The standard InChI is InChI=1S/C16H23ClN2S2Si/c1-4-5-6-7-9-22(10-8-17)15-13(20-11(2)18-15)14-16(22)19-12(3)21-14/h4-10H2,1-3H3. The third-order valence-electron chi connectivity index (χ3n) is 4.56. The normalized spacial score (nSPS) is 15.1. The minimum Gasteiger partial charge on any atom is -0.250 e. The van der Waals surface area contributed by atoms with Crippen molar-refractivity contribution in [3.63, 3.8) is 0 Å². The van der Waals surface area contributed by atoms with Gasteiger partial charge in [0.15, 0.2) is 8.07 Å². The predicted octanol–water partition coefficient (Wildman–Crippen LogP) is 4.58. The van der Waals surface area contributed by atoms with E-state index in [0.717, 1.165) is 11.9 Å². The van der Waals surface area contributed by atoms with E-state index in [1.807, 2.05) is 22.7 Å². The Morgan fingerprint density at radius 1 is 0.909 bits per heavy atom. The van der Waals surface area contributed by atoms with Gasteiger partial charge in [0.2, 0.25) is 0 Å². The van der Waals surface area contributed by atoms with Crippen LogP contribution in [0.25, 0.3) is 9.75 Å². The molecule has 2 aromatic rings. The average Bonchev–Trinajstić information content (AvgIpc) is 3.10. The number of nitrogens with zero attached hydrogens (tertiary/aromatic N) is 2. The molecule has 1 aliphatic heterocycles. The number of hydrogen-bond donors (Lipinski definition) is 0. The van der Waals surface area contributed by atoms with Crippen LogP contribution in [-0.4, -0.2) is 23.9 Å². The first kappa shape index (κ1) is 16.6. The van der Waals surface area contributed by atoms with E-state index < -0.39 is 8.07 Å². The summed E-state index contributed by atoms with van der Waals surface area (Å²) in [6, 6.07) is 2.36. The van der Waals surface area contributed by atoms with Crippen molar-refractivity contribution in [2.45, 2.75) is 58.5 Å². The van der Waals surface area contributed by atoms with Gasteiger partial charge < -0.3 is 0 Å². The number of fused-ring (bicyclic) bond motifs is 3. The minimum absolute atomic E-state index is 0.728. The van der Waals surface area contributed by atoms with E-state index in [1.54, 1.807) is 0 Å². The SMILES string of the molecule is CCCCCC[Si]1(CCCl)c2nc(C)sc2-c2sc(C)nc21. The van der Waals surface area contributed by atoms with Gasteiger partial charge in [-0.25, -0.2) is 0 Å². The lowest BCUT2D eigenvalue weighted by Gasteiger charge is -2.25. The maximum Gasteiger partial charge on any atom is 0.169 e. The van der Waals surface area contributed by atoms with Gasteiger partial charge in [0.05, 0.1) is 30.4 Å². The molecule has 3 rings (SSSR count). The van der Waals surface area contributed by atoms with Gasteiger partial charge in [0, 0.05) is 5.88 Å². The van der Waals surface area contributed by atoms with Crippen LogP contribution in [0.3, 0.4) is 0 Å². The zero-order valence-electron chi connectivity index (χ0n) is 13.5. The van der Waals surface area contributed by atoms with E-state index in [9.17, 15) is 0 Å². The molecule has 0 aliphatic carbocycles. The van der Waals surface area contributed by atoms with Crippen molar-refractivity contribution in [1.82, 2.24) is 9.97 Å². The highest BCUT2D eigenvalue weighted by Crippen LogP contribution is 2.39. The van der Waals surface area contributed by atoms with E-state index in [2.05, 4.69) is 20.8 Å². The average molecular weight is 371 g/mol. The zero-order valence-corrected chi connectivity index (χ0v) is 16.9. The Morgan fingerprint density at radius 2 is 1.50 bits per heavy atom. The van der Waals surface area contributed by atoms with Crippen LogP contribution in [0.5, 0.6) is 0 Å². The van der Waals surface area contributed by atoms with Gasteiger partial charge in [0.1, 0.15) is 0 Å². The highest BCUT2D eigenvalue weighted by molar-refractivity contribution is 7.28. The van der Waals surface area contributed by atoms with E-state index in [1.165, 1.54) is 62.1 Å². The quantitative estimate of drug-likeness (QED) is 0.405. The van der Waals surface area contributed by atoms with Gasteiger partial charge in [-0.3, -0.25) is 9.97 Å². The number of hydrogen-bond acceptors (Lipinski definition) is 4. The molecule has 0 aromatic carbocycles. The van der Waals surface area contributed by atoms with Gasteiger partial charge in [-0.15, -0.1) is 34.3 Å². The van der Waals surface area contributed by atoms with E-state index in [-0.39, 0.29) is 0 Å². The van der Waals surface area contributed by atoms with Gasteiger partial charge >= 0.3 is 0 Å². The summed E-state index contributed by atoms with van der Waals surface area (Å²) in [4.78, 5) is 12.8. The monoisotopic (exact) mass is 370 g/mol. The molecule has 0 spiro atoms. The van der Waals surface area contributed by atoms with Crippen LogP contribution >= 0.6 is 34.3 Å². The number of thiazole rings is 2. The van der Waals surface area contributed by atoms with Crippen LogP contribution in [0.4, 0.5) is 0 Å². The molecule has 2 nitrogen and oxygen atoms in total. The molecule has 0 unspecified atom stereocenters. The summed E-state index contributed by atoms with van der Waals surface area (Å²) in [5.74, 6) is 0.728. The molecule has 2 aromatic heterocycles. The molecule has 1 aliphatic rings. The number of alkyl halides is 1. The summed E-state index contributed by atoms with van der Waals surface area (Å²) in [6.45, 7) is 6.53. The summed E-state index contributed by atoms with van der Waals surface area (Å²) in [7, 11) is -1.82. The highest BCUT2D eigenvalue weighted by Gasteiger charge is 2.50. The second-order valence-electron chi connectivity index (χ2n) is 6.15. The Morgan fingerprint density at radius 3 is 2.00 bits per heavy atom. The van der Waals surface area contributed by atoms with E-state index in [4.69, 9.17) is 21.6 Å². The fraction of sp³-hybridized carbons (Fsp3) is 0.625. The molecule has 6 heteroatoms.